The van der Waals surface area contributed by atoms with Crippen molar-refractivity contribution >= 4 is 0 Å². The first kappa shape index (κ1) is 13.5. The van der Waals surface area contributed by atoms with E-state index >= 15 is 0 Å². The largest absolute Gasteiger partial charge is 0.489 e. The summed E-state index contributed by atoms with van der Waals surface area (Å²) in [5.41, 5.74) is 7.29. The van der Waals surface area contributed by atoms with Crippen molar-refractivity contribution in [3.8, 4) is 5.75 Å². The van der Waals surface area contributed by atoms with E-state index in [0.29, 0.717) is 11.3 Å². The highest BCUT2D eigenvalue weighted by Crippen LogP contribution is 2.24. The Kier molecular flexibility index (Phi) is 4.12. The monoisotopic (exact) mass is 263 g/mol. The Labute approximate surface area is 110 Å². The minimum Gasteiger partial charge on any atom is -0.489 e. The first-order valence-electron chi connectivity index (χ1n) is 5.99. The average molecular weight is 263 g/mol. The van der Waals surface area contributed by atoms with Gasteiger partial charge in [-0.1, -0.05) is 24.3 Å². The summed E-state index contributed by atoms with van der Waals surface area (Å²) in [5.74, 6) is -1.08. The van der Waals surface area contributed by atoms with Crippen LogP contribution in [0.5, 0.6) is 5.75 Å². The molecule has 0 bridgehead atoms. The Balaban J connectivity index is 2.12. The maximum atomic E-state index is 13.1. The van der Waals surface area contributed by atoms with Crippen LogP contribution in [-0.4, -0.2) is 0 Å². The molecule has 0 saturated carbocycles. The Bertz CT molecular complexity index is 570. The van der Waals surface area contributed by atoms with E-state index in [2.05, 4.69) is 0 Å². The number of hydrogen-bond acceptors (Lipinski definition) is 2. The third kappa shape index (κ3) is 3.29. The fourth-order valence-electron chi connectivity index (χ4n) is 1.78. The van der Waals surface area contributed by atoms with Crippen LogP contribution in [-0.2, 0) is 6.61 Å². The van der Waals surface area contributed by atoms with Crippen LogP contribution in [0, 0.1) is 11.6 Å². The molecule has 0 heterocycles. The van der Waals surface area contributed by atoms with Gasteiger partial charge in [0, 0.05) is 11.6 Å². The highest BCUT2D eigenvalue weighted by Gasteiger charge is 2.08. The molecule has 4 heteroatoms. The topological polar surface area (TPSA) is 35.2 Å². The zero-order valence-electron chi connectivity index (χ0n) is 10.6. The van der Waals surface area contributed by atoms with E-state index in [0.717, 1.165) is 17.7 Å². The van der Waals surface area contributed by atoms with Crippen LogP contribution in [0.4, 0.5) is 8.78 Å². The molecule has 0 aromatic heterocycles. The van der Waals surface area contributed by atoms with Gasteiger partial charge in [-0.05, 0) is 30.7 Å². The SMILES string of the molecule is C[C@H](N)c1ccccc1OCc1ccc(F)c(F)c1. The summed E-state index contributed by atoms with van der Waals surface area (Å²) in [6, 6.07) is 11.0. The second-order valence-corrected chi connectivity index (χ2v) is 4.36. The van der Waals surface area contributed by atoms with Crippen molar-refractivity contribution in [3.05, 3.63) is 65.2 Å². The highest BCUT2D eigenvalue weighted by atomic mass is 19.2. The third-order valence-corrected chi connectivity index (χ3v) is 2.79. The maximum Gasteiger partial charge on any atom is 0.159 e. The van der Waals surface area contributed by atoms with Crippen LogP contribution >= 0.6 is 0 Å². The van der Waals surface area contributed by atoms with Crippen molar-refractivity contribution < 1.29 is 13.5 Å². The molecular weight excluding hydrogens is 248 g/mol. The lowest BCUT2D eigenvalue weighted by Crippen LogP contribution is -2.08. The summed E-state index contributed by atoms with van der Waals surface area (Å²) >= 11 is 0. The van der Waals surface area contributed by atoms with Gasteiger partial charge >= 0.3 is 0 Å². The zero-order chi connectivity index (χ0) is 13.8. The summed E-state index contributed by atoms with van der Waals surface area (Å²) in [4.78, 5) is 0. The molecule has 0 radical (unpaired) electrons. The standard InChI is InChI=1S/C15H15F2NO/c1-10(18)12-4-2-3-5-15(12)19-9-11-6-7-13(16)14(17)8-11/h2-8,10H,9,18H2,1H3/t10-/m0/s1. The Morgan fingerprint density at radius 2 is 1.84 bits per heavy atom. The molecule has 0 saturated heterocycles. The normalized spacial score (nSPS) is 12.2. The molecule has 2 rings (SSSR count). The number of para-hydroxylation sites is 1. The predicted octanol–water partition coefficient (Wildman–Crippen LogP) is 3.56. The second kappa shape index (κ2) is 5.80. The van der Waals surface area contributed by atoms with Crippen molar-refractivity contribution in [2.45, 2.75) is 19.6 Å². The third-order valence-electron chi connectivity index (χ3n) is 2.79. The molecule has 0 fully saturated rings. The Morgan fingerprint density at radius 3 is 2.53 bits per heavy atom. The number of ether oxygens (including phenoxy) is 1. The molecule has 2 N–H and O–H groups in total. The molecule has 0 aliphatic rings. The van der Waals surface area contributed by atoms with Gasteiger partial charge in [-0.15, -0.1) is 0 Å². The van der Waals surface area contributed by atoms with Gasteiger partial charge in [0.25, 0.3) is 0 Å². The first-order valence-corrected chi connectivity index (χ1v) is 5.99. The van der Waals surface area contributed by atoms with Crippen LogP contribution in [0.3, 0.4) is 0 Å². The zero-order valence-corrected chi connectivity index (χ0v) is 10.6. The van der Waals surface area contributed by atoms with E-state index in [1.807, 2.05) is 25.1 Å². The van der Waals surface area contributed by atoms with Gasteiger partial charge < -0.3 is 10.5 Å². The van der Waals surface area contributed by atoms with Gasteiger partial charge in [-0.2, -0.15) is 0 Å². The van der Waals surface area contributed by atoms with Gasteiger partial charge in [0.15, 0.2) is 11.6 Å². The van der Waals surface area contributed by atoms with Crippen LogP contribution < -0.4 is 10.5 Å². The molecule has 19 heavy (non-hydrogen) atoms. The number of nitrogens with two attached hydrogens (primary N) is 1. The predicted molar refractivity (Wildman–Crippen MR) is 69.7 cm³/mol. The molecule has 2 aromatic carbocycles. The first-order chi connectivity index (χ1) is 9.08. The molecule has 0 amide bonds. The molecule has 0 aliphatic carbocycles. The molecule has 100 valence electrons. The molecule has 2 nitrogen and oxygen atoms in total. The molecule has 0 unspecified atom stereocenters. The number of rotatable bonds is 4. The van der Waals surface area contributed by atoms with Gasteiger partial charge in [0.1, 0.15) is 12.4 Å². The van der Waals surface area contributed by atoms with E-state index in [4.69, 9.17) is 10.5 Å². The minimum absolute atomic E-state index is 0.152. The van der Waals surface area contributed by atoms with E-state index in [-0.39, 0.29) is 12.6 Å². The number of halogens is 2. The molecule has 0 spiro atoms. The van der Waals surface area contributed by atoms with Crippen LogP contribution in [0.1, 0.15) is 24.1 Å². The summed E-state index contributed by atoms with van der Waals surface area (Å²) < 4.78 is 31.5. The van der Waals surface area contributed by atoms with Crippen molar-refractivity contribution in [2.24, 2.45) is 5.73 Å². The van der Waals surface area contributed by atoms with Crippen molar-refractivity contribution in [2.75, 3.05) is 0 Å². The molecular formula is C15H15F2NO. The van der Waals surface area contributed by atoms with Crippen molar-refractivity contribution in [3.63, 3.8) is 0 Å². The maximum absolute atomic E-state index is 13.1. The van der Waals surface area contributed by atoms with E-state index in [1.165, 1.54) is 6.07 Å². The lowest BCUT2D eigenvalue weighted by atomic mass is 10.1. The van der Waals surface area contributed by atoms with Crippen LogP contribution in [0.15, 0.2) is 42.5 Å². The van der Waals surface area contributed by atoms with E-state index < -0.39 is 11.6 Å². The fourth-order valence-corrected chi connectivity index (χ4v) is 1.78. The van der Waals surface area contributed by atoms with Gasteiger partial charge in [0.05, 0.1) is 0 Å². The smallest absolute Gasteiger partial charge is 0.159 e. The average Bonchev–Trinajstić information content (AvgIpc) is 2.40. The Morgan fingerprint density at radius 1 is 1.11 bits per heavy atom. The Hall–Kier alpha value is -1.94. The van der Waals surface area contributed by atoms with E-state index in [1.54, 1.807) is 6.07 Å². The van der Waals surface area contributed by atoms with Gasteiger partial charge in [0.2, 0.25) is 0 Å². The second-order valence-electron chi connectivity index (χ2n) is 4.36. The quantitative estimate of drug-likeness (QED) is 0.915. The summed E-state index contributed by atoms with van der Waals surface area (Å²) in [6.45, 7) is 2.03. The van der Waals surface area contributed by atoms with Crippen molar-refractivity contribution in [1.82, 2.24) is 0 Å². The summed E-state index contributed by atoms with van der Waals surface area (Å²) in [7, 11) is 0. The number of hydrogen-bond donors (Lipinski definition) is 1. The fraction of sp³-hybridized carbons (Fsp3) is 0.200. The lowest BCUT2D eigenvalue weighted by molar-refractivity contribution is 0.300. The van der Waals surface area contributed by atoms with E-state index in [9.17, 15) is 8.78 Å². The van der Waals surface area contributed by atoms with Gasteiger partial charge in [-0.3, -0.25) is 0 Å². The molecule has 1 atom stereocenters. The van der Waals surface area contributed by atoms with Crippen LogP contribution in [0.25, 0.3) is 0 Å². The minimum atomic E-state index is -0.874. The molecule has 0 aliphatic heterocycles. The number of benzene rings is 2. The molecule has 2 aromatic rings. The van der Waals surface area contributed by atoms with Crippen LogP contribution in [0.2, 0.25) is 0 Å². The summed E-state index contributed by atoms with van der Waals surface area (Å²) in [5, 5.41) is 0. The summed E-state index contributed by atoms with van der Waals surface area (Å²) in [6.07, 6.45) is 0. The van der Waals surface area contributed by atoms with Crippen molar-refractivity contribution in [1.29, 1.82) is 0 Å². The lowest BCUT2D eigenvalue weighted by Gasteiger charge is -2.13. The highest BCUT2D eigenvalue weighted by molar-refractivity contribution is 5.35. The van der Waals surface area contributed by atoms with Gasteiger partial charge in [-0.25, -0.2) is 8.78 Å².